The minimum absolute atomic E-state index is 0.0295. The second-order valence-electron chi connectivity index (χ2n) is 9.00. The van der Waals surface area contributed by atoms with Crippen LogP contribution in [0, 0.1) is 0 Å². The van der Waals surface area contributed by atoms with Crippen molar-refractivity contribution in [1.82, 2.24) is 15.5 Å². The SMILES string of the molecule is CC(C)(C)OC(=O)NCC(=O)N(CCO)C(C(=O)NC1CCCCC1)c1ccc(O)cc1. The van der Waals surface area contributed by atoms with Gasteiger partial charge in [-0.2, -0.15) is 0 Å². The van der Waals surface area contributed by atoms with Crippen molar-refractivity contribution in [2.75, 3.05) is 19.7 Å². The van der Waals surface area contributed by atoms with Gasteiger partial charge in [0.15, 0.2) is 0 Å². The van der Waals surface area contributed by atoms with Crippen LogP contribution in [0.15, 0.2) is 24.3 Å². The van der Waals surface area contributed by atoms with Crippen molar-refractivity contribution in [2.45, 2.75) is 70.6 Å². The first-order valence-corrected chi connectivity index (χ1v) is 11.1. The molecule has 9 nitrogen and oxygen atoms in total. The molecule has 0 radical (unpaired) electrons. The number of aliphatic hydroxyl groups is 1. The Labute approximate surface area is 189 Å². The maximum atomic E-state index is 13.3. The standard InChI is InChI=1S/C23H35N3O6/c1-23(2,3)32-22(31)24-15-19(29)26(13-14-27)20(16-9-11-18(28)12-10-16)21(30)25-17-7-5-4-6-8-17/h9-12,17,20,27-28H,4-8,13-15H2,1-3H3,(H,24,31)(H,25,30). The lowest BCUT2D eigenvalue weighted by atomic mass is 9.94. The number of alkyl carbamates (subject to hydrolysis) is 1. The number of hydrogen-bond donors (Lipinski definition) is 4. The lowest BCUT2D eigenvalue weighted by molar-refractivity contribution is -0.141. The second-order valence-corrected chi connectivity index (χ2v) is 9.00. The van der Waals surface area contributed by atoms with Gasteiger partial charge in [0.25, 0.3) is 0 Å². The van der Waals surface area contributed by atoms with Crippen LogP contribution >= 0.6 is 0 Å². The highest BCUT2D eigenvalue weighted by molar-refractivity contribution is 5.90. The van der Waals surface area contributed by atoms with Crippen molar-refractivity contribution in [3.8, 4) is 5.75 Å². The van der Waals surface area contributed by atoms with E-state index < -0.39 is 23.6 Å². The van der Waals surface area contributed by atoms with Crippen molar-refractivity contribution in [3.05, 3.63) is 29.8 Å². The molecule has 0 heterocycles. The summed E-state index contributed by atoms with van der Waals surface area (Å²) in [4.78, 5) is 39.5. The van der Waals surface area contributed by atoms with Crippen molar-refractivity contribution in [1.29, 1.82) is 0 Å². The molecule has 0 spiro atoms. The summed E-state index contributed by atoms with van der Waals surface area (Å²) in [5.74, 6) is -0.866. The smallest absolute Gasteiger partial charge is 0.408 e. The maximum absolute atomic E-state index is 13.3. The van der Waals surface area contributed by atoms with Crippen molar-refractivity contribution >= 4 is 17.9 Å². The number of carbonyl (C=O) groups is 3. The minimum Gasteiger partial charge on any atom is -0.508 e. The zero-order valence-corrected chi connectivity index (χ0v) is 19.1. The predicted octanol–water partition coefficient (Wildman–Crippen LogP) is 2.23. The Morgan fingerprint density at radius 1 is 1.12 bits per heavy atom. The number of aromatic hydroxyl groups is 1. The van der Waals surface area contributed by atoms with E-state index in [-0.39, 0.29) is 37.4 Å². The molecule has 1 aromatic rings. The summed E-state index contributed by atoms with van der Waals surface area (Å²) in [6, 6.07) is 5.03. The molecule has 0 aromatic heterocycles. The van der Waals surface area contributed by atoms with Crippen LogP contribution in [-0.2, 0) is 14.3 Å². The molecule has 1 unspecified atom stereocenters. The Kier molecular flexibility index (Phi) is 9.31. The molecule has 0 saturated heterocycles. The Balaban J connectivity index is 2.21. The molecule has 1 aliphatic rings. The van der Waals surface area contributed by atoms with Crippen molar-refractivity contribution in [2.24, 2.45) is 0 Å². The minimum atomic E-state index is -1.02. The summed E-state index contributed by atoms with van der Waals surface area (Å²) in [7, 11) is 0. The highest BCUT2D eigenvalue weighted by Crippen LogP contribution is 2.25. The second kappa shape index (κ2) is 11.7. The molecule has 0 aliphatic heterocycles. The molecule has 2 rings (SSSR count). The molecule has 4 N–H and O–H groups in total. The molecule has 1 fully saturated rings. The number of phenols is 1. The van der Waals surface area contributed by atoms with Gasteiger partial charge >= 0.3 is 6.09 Å². The van der Waals surface area contributed by atoms with Gasteiger partial charge in [0.1, 0.15) is 23.9 Å². The zero-order valence-electron chi connectivity index (χ0n) is 19.1. The number of carbonyl (C=O) groups excluding carboxylic acids is 3. The van der Waals surface area contributed by atoms with Crippen LogP contribution < -0.4 is 10.6 Å². The van der Waals surface area contributed by atoms with E-state index in [0.717, 1.165) is 32.1 Å². The summed E-state index contributed by atoms with van der Waals surface area (Å²) in [6.45, 7) is 4.29. The molecule has 1 aliphatic carbocycles. The average Bonchev–Trinajstić information content (AvgIpc) is 2.72. The lowest BCUT2D eigenvalue weighted by Gasteiger charge is -2.33. The van der Waals surface area contributed by atoms with Crippen molar-refractivity contribution < 1.29 is 29.3 Å². The molecule has 1 saturated carbocycles. The van der Waals surface area contributed by atoms with Gasteiger partial charge in [0.05, 0.1) is 6.61 Å². The number of phenolic OH excluding ortho intramolecular Hbond substituents is 1. The lowest BCUT2D eigenvalue weighted by Crippen LogP contribution is -2.50. The number of hydrogen-bond acceptors (Lipinski definition) is 6. The van der Waals surface area contributed by atoms with E-state index in [9.17, 15) is 24.6 Å². The number of ether oxygens (including phenoxy) is 1. The number of rotatable bonds is 8. The van der Waals surface area contributed by atoms with E-state index in [4.69, 9.17) is 4.74 Å². The maximum Gasteiger partial charge on any atom is 0.408 e. The largest absolute Gasteiger partial charge is 0.508 e. The molecule has 178 valence electrons. The summed E-state index contributed by atoms with van der Waals surface area (Å²) >= 11 is 0. The Morgan fingerprint density at radius 3 is 2.31 bits per heavy atom. The summed E-state index contributed by atoms with van der Waals surface area (Å²) in [6.07, 6.45) is 4.22. The van der Waals surface area contributed by atoms with Gasteiger partial charge in [-0.1, -0.05) is 31.4 Å². The van der Waals surface area contributed by atoms with Gasteiger partial charge in [0.2, 0.25) is 11.8 Å². The average molecular weight is 450 g/mol. The fourth-order valence-electron chi connectivity index (χ4n) is 3.73. The molecule has 9 heteroatoms. The van der Waals surface area contributed by atoms with Crippen LogP contribution in [0.1, 0.15) is 64.5 Å². The molecule has 3 amide bonds. The van der Waals surface area contributed by atoms with E-state index in [2.05, 4.69) is 10.6 Å². The van der Waals surface area contributed by atoms with Gasteiger partial charge < -0.3 is 30.5 Å². The van der Waals surface area contributed by atoms with Crippen LogP contribution in [0.25, 0.3) is 0 Å². The van der Waals surface area contributed by atoms with E-state index in [0.29, 0.717) is 5.56 Å². The Morgan fingerprint density at radius 2 is 1.75 bits per heavy atom. The van der Waals surface area contributed by atoms with Gasteiger partial charge in [0, 0.05) is 12.6 Å². The normalized spacial score (nSPS) is 15.5. The monoisotopic (exact) mass is 449 g/mol. The Hall–Kier alpha value is -2.81. The summed E-state index contributed by atoms with van der Waals surface area (Å²) < 4.78 is 5.16. The molecular formula is C23H35N3O6. The molecule has 1 atom stereocenters. The first kappa shape index (κ1) is 25.5. The van der Waals surface area contributed by atoms with Gasteiger partial charge in [-0.3, -0.25) is 9.59 Å². The van der Waals surface area contributed by atoms with Gasteiger partial charge in [-0.05, 0) is 51.3 Å². The third kappa shape index (κ3) is 8.03. The quantitative estimate of drug-likeness (QED) is 0.482. The third-order valence-electron chi connectivity index (χ3n) is 5.16. The number of amides is 3. The molecular weight excluding hydrogens is 414 g/mol. The fourth-order valence-corrected chi connectivity index (χ4v) is 3.73. The van der Waals surface area contributed by atoms with Crippen LogP contribution in [0.2, 0.25) is 0 Å². The highest BCUT2D eigenvalue weighted by Gasteiger charge is 2.33. The summed E-state index contributed by atoms with van der Waals surface area (Å²) in [5, 5.41) is 24.7. The highest BCUT2D eigenvalue weighted by atomic mass is 16.6. The van der Waals surface area contributed by atoms with Crippen LogP contribution in [0.3, 0.4) is 0 Å². The van der Waals surface area contributed by atoms with Crippen LogP contribution in [0.5, 0.6) is 5.75 Å². The molecule has 1 aromatic carbocycles. The fraction of sp³-hybridized carbons (Fsp3) is 0.609. The first-order valence-electron chi connectivity index (χ1n) is 11.1. The van der Waals surface area contributed by atoms with E-state index in [1.54, 1.807) is 32.9 Å². The molecule has 32 heavy (non-hydrogen) atoms. The van der Waals surface area contributed by atoms with Crippen LogP contribution in [-0.4, -0.2) is 64.4 Å². The predicted molar refractivity (Wildman–Crippen MR) is 119 cm³/mol. The number of benzene rings is 1. The zero-order chi connectivity index (χ0) is 23.7. The van der Waals surface area contributed by atoms with Crippen molar-refractivity contribution in [3.63, 3.8) is 0 Å². The van der Waals surface area contributed by atoms with Gasteiger partial charge in [-0.25, -0.2) is 4.79 Å². The summed E-state index contributed by atoms with van der Waals surface area (Å²) in [5.41, 5.74) is -0.220. The van der Waals surface area contributed by atoms with E-state index >= 15 is 0 Å². The van der Waals surface area contributed by atoms with E-state index in [1.807, 2.05) is 0 Å². The first-order chi connectivity index (χ1) is 15.1. The Bertz CT molecular complexity index is 769. The third-order valence-corrected chi connectivity index (χ3v) is 5.16. The topological polar surface area (TPSA) is 128 Å². The van der Waals surface area contributed by atoms with E-state index in [1.165, 1.54) is 17.0 Å². The van der Waals surface area contributed by atoms with Crippen LogP contribution in [0.4, 0.5) is 4.79 Å². The number of nitrogens with one attached hydrogen (secondary N) is 2. The number of nitrogens with zero attached hydrogens (tertiary/aromatic N) is 1. The number of aliphatic hydroxyl groups excluding tert-OH is 1. The van der Waals surface area contributed by atoms with Gasteiger partial charge in [-0.15, -0.1) is 0 Å². The molecule has 0 bridgehead atoms.